The Morgan fingerprint density at radius 2 is 1.32 bits per heavy atom. The monoisotopic (exact) mass is 257 g/mol. The van der Waals surface area contributed by atoms with Crippen LogP contribution in [-0.4, -0.2) is 24.0 Å². The average molecular weight is 257 g/mol. The lowest BCUT2D eigenvalue weighted by Gasteiger charge is -2.24. The molecule has 1 saturated carbocycles. The third-order valence-corrected chi connectivity index (χ3v) is 4.84. The molecule has 0 N–H and O–H groups in total. The molecule has 1 aliphatic heterocycles. The van der Waals surface area contributed by atoms with E-state index in [2.05, 4.69) is 35.2 Å². The molecule has 1 heteroatoms. The third kappa shape index (κ3) is 3.60. The van der Waals surface area contributed by atoms with Crippen molar-refractivity contribution < 1.29 is 0 Å². The van der Waals surface area contributed by atoms with Crippen molar-refractivity contribution in [3.05, 3.63) is 35.9 Å². The molecular formula is C18H27N. The van der Waals surface area contributed by atoms with Gasteiger partial charge < -0.3 is 0 Å². The molecule has 19 heavy (non-hydrogen) atoms. The Morgan fingerprint density at radius 3 is 1.95 bits per heavy atom. The number of benzene rings is 1. The van der Waals surface area contributed by atoms with E-state index < -0.39 is 0 Å². The summed E-state index contributed by atoms with van der Waals surface area (Å²) in [5.41, 5.74) is 1.56. The normalized spacial score (nSPS) is 29.9. The summed E-state index contributed by atoms with van der Waals surface area (Å²) in [7, 11) is 0. The summed E-state index contributed by atoms with van der Waals surface area (Å²) in [5, 5.41) is 0. The van der Waals surface area contributed by atoms with Gasteiger partial charge in [0.2, 0.25) is 0 Å². The van der Waals surface area contributed by atoms with Crippen molar-refractivity contribution in [3.63, 3.8) is 0 Å². The Morgan fingerprint density at radius 1 is 0.737 bits per heavy atom. The van der Waals surface area contributed by atoms with Crippen LogP contribution in [0.25, 0.3) is 0 Å². The molecule has 1 saturated heterocycles. The van der Waals surface area contributed by atoms with E-state index in [1.165, 1.54) is 64.5 Å². The lowest BCUT2D eigenvalue weighted by molar-refractivity contribution is 0.242. The van der Waals surface area contributed by atoms with Crippen LogP contribution in [0.15, 0.2) is 30.3 Å². The molecule has 0 aromatic heterocycles. The van der Waals surface area contributed by atoms with Crippen LogP contribution in [0.3, 0.4) is 0 Å². The molecule has 2 aliphatic rings. The van der Waals surface area contributed by atoms with Crippen LogP contribution in [0.5, 0.6) is 0 Å². The van der Waals surface area contributed by atoms with Crippen molar-refractivity contribution in [2.24, 2.45) is 0 Å². The smallest absolute Gasteiger partial charge is 0.0171 e. The van der Waals surface area contributed by atoms with Crippen molar-refractivity contribution in [3.8, 4) is 0 Å². The molecule has 3 rings (SSSR count). The topological polar surface area (TPSA) is 3.24 Å². The minimum Gasteiger partial charge on any atom is -0.300 e. The van der Waals surface area contributed by atoms with Gasteiger partial charge in [0.05, 0.1) is 0 Å². The quantitative estimate of drug-likeness (QED) is 0.749. The second kappa shape index (κ2) is 6.56. The predicted molar refractivity (Wildman–Crippen MR) is 81.5 cm³/mol. The van der Waals surface area contributed by atoms with Crippen LogP contribution in [0.1, 0.15) is 62.8 Å². The Hall–Kier alpha value is -0.820. The predicted octanol–water partition coefficient (Wildman–Crippen LogP) is 4.59. The van der Waals surface area contributed by atoms with Gasteiger partial charge in [-0.15, -0.1) is 0 Å². The fraction of sp³-hybridized carbons (Fsp3) is 0.667. The largest absolute Gasteiger partial charge is 0.300 e. The molecule has 2 fully saturated rings. The van der Waals surface area contributed by atoms with Crippen molar-refractivity contribution in [1.29, 1.82) is 0 Å². The van der Waals surface area contributed by atoms with Gasteiger partial charge in [0, 0.05) is 12.0 Å². The first kappa shape index (κ1) is 13.2. The zero-order chi connectivity index (χ0) is 12.9. The van der Waals surface area contributed by atoms with Gasteiger partial charge in [-0.1, -0.05) is 62.4 Å². The van der Waals surface area contributed by atoms with Gasteiger partial charge >= 0.3 is 0 Å². The Balaban J connectivity index is 1.56. The summed E-state index contributed by atoms with van der Waals surface area (Å²) in [6, 6.07) is 12.0. The second-order valence-corrected chi connectivity index (χ2v) is 6.33. The number of hydrogen-bond acceptors (Lipinski definition) is 1. The van der Waals surface area contributed by atoms with Gasteiger partial charge in [0.15, 0.2) is 0 Å². The standard InChI is InChI=1S/C18H27N/c1-2-4-9-13-19(14-10-5-3-1)18-15-17(18)16-11-7-6-8-12-16/h6-8,11-12,17-18H,1-5,9-10,13-15H2. The first-order chi connectivity index (χ1) is 9.45. The maximum absolute atomic E-state index is 2.79. The van der Waals surface area contributed by atoms with Crippen molar-refractivity contribution in [1.82, 2.24) is 4.90 Å². The summed E-state index contributed by atoms with van der Waals surface area (Å²) in [5.74, 6) is 0.823. The van der Waals surface area contributed by atoms with Crippen LogP contribution >= 0.6 is 0 Å². The molecule has 1 aromatic carbocycles. The van der Waals surface area contributed by atoms with E-state index >= 15 is 0 Å². The SMILES string of the molecule is c1ccc(C2CC2N2CCCCCCCCC2)cc1. The number of hydrogen-bond donors (Lipinski definition) is 0. The summed E-state index contributed by atoms with van der Waals surface area (Å²) in [6.45, 7) is 2.68. The highest BCUT2D eigenvalue weighted by Crippen LogP contribution is 2.44. The van der Waals surface area contributed by atoms with E-state index in [-0.39, 0.29) is 0 Å². The molecule has 0 amide bonds. The van der Waals surface area contributed by atoms with Crippen LogP contribution in [0.2, 0.25) is 0 Å². The first-order valence-corrected chi connectivity index (χ1v) is 8.24. The second-order valence-electron chi connectivity index (χ2n) is 6.33. The summed E-state index contributed by atoms with van der Waals surface area (Å²) in [6.07, 6.45) is 11.5. The molecule has 1 aliphatic carbocycles. The molecule has 104 valence electrons. The molecule has 0 spiro atoms. The Labute approximate surface area is 118 Å². The minimum absolute atomic E-state index is 0.823. The van der Waals surface area contributed by atoms with Gasteiger partial charge in [-0.2, -0.15) is 0 Å². The Kier molecular flexibility index (Phi) is 4.55. The highest BCUT2D eigenvalue weighted by atomic mass is 15.2. The lowest BCUT2D eigenvalue weighted by Crippen LogP contribution is -2.29. The van der Waals surface area contributed by atoms with Crippen LogP contribution in [0.4, 0.5) is 0 Å². The molecule has 1 nitrogen and oxygen atoms in total. The zero-order valence-electron chi connectivity index (χ0n) is 12.1. The molecule has 2 atom stereocenters. The first-order valence-electron chi connectivity index (χ1n) is 8.24. The average Bonchev–Trinajstić information content (AvgIpc) is 3.26. The van der Waals surface area contributed by atoms with Gasteiger partial charge in [-0.25, -0.2) is 0 Å². The molecular weight excluding hydrogens is 230 g/mol. The van der Waals surface area contributed by atoms with E-state index in [0.29, 0.717) is 0 Å². The van der Waals surface area contributed by atoms with E-state index in [4.69, 9.17) is 0 Å². The fourth-order valence-corrected chi connectivity index (χ4v) is 3.60. The lowest BCUT2D eigenvalue weighted by atomic mass is 10.1. The fourth-order valence-electron chi connectivity index (χ4n) is 3.60. The molecule has 0 bridgehead atoms. The summed E-state index contributed by atoms with van der Waals surface area (Å²) >= 11 is 0. The zero-order valence-corrected chi connectivity index (χ0v) is 12.1. The van der Waals surface area contributed by atoms with Crippen molar-refractivity contribution in [2.75, 3.05) is 13.1 Å². The van der Waals surface area contributed by atoms with Crippen LogP contribution in [0, 0.1) is 0 Å². The minimum atomic E-state index is 0.823. The van der Waals surface area contributed by atoms with Crippen molar-refractivity contribution in [2.45, 2.75) is 63.3 Å². The third-order valence-electron chi connectivity index (χ3n) is 4.84. The van der Waals surface area contributed by atoms with Crippen LogP contribution < -0.4 is 0 Å². The highest BCUT2D eigenvalue weighted by Gasteiger charge is 2.41. The van der Waals surface area contributed by atoms with Gasteiger partial charge in [0.1, 0.15) is 0 Å². The number of rotatable bonds is 2. The maximum atomic E-state index is 2.79. The summed E-state index contributed by atoms with van der Waals surface area (Å²) < 4.78 is 0. The van der Waals surface area contributed by atoms with E-state index in [1.807, 2.05) is 0 Å². The van der Waals surface area contributed by atoms with E-state index in [9.17, 15) is 0 Å². The summed E-state index contributed by atoms with van der Waals surface area (Å²) in [4.78, 5) is 2.79. The molecule has 1 aromatic rings. The molecule has 0 radical (unpaired) electrons. The van der Waals surface area contributed by atoms with E-state index in [1.54, 1.807) is 5.56 Å². The molecule has 1 heterocycles. The highest BCUT2D eigenvalue weighted by molar-refractivity contribution is 5.27. The Bertz CT molecular complexity index is 363. The van der Waals surface area contributed by atoms with E-state index in [0.717, 1.165) is 12.0 Å². The van der Waals surface area contributed by atoms with Gasteiger partial charge in [-0.3, -0.25) is 4.90 Å². The number of nitrogens with zero attached hydrogens (tertiary/aromatic N) is 1. The maximum Gasteiger partial charge on any atom is 0.0171 e. The molecule has 2 unspecified atom stereocenters. The van der Waals surface area contributed by atoms with Crippen molar-refractivity contribution >= 4 is 0 Å². The van der Waals surface area contributed by atoms with Crippen LogP contribution in [-0.2, 0) is 0 Å². The van der Waals surface area contributed by atoms with Gasteiger partial charge in [0.25, 0.3) is 0 Å². The van der Waals surface area contributed by atoms with Gasteiger partial charge in [-0.05, 0) is 37.9 Å².